The molecule has 1 N–H and O–H groups in total. The molecule has 2 rings (SSSR count). The molecular formula is C12H15NO4. The van der Waals surface area contributed by atoms with Gasteiger partial charge in [-0.2, -0.15) is 4.98 Å². The molecule has 0 saturated carbocycles. The van der Waals surface area contributed by atoms with Crippen LogP contribution >= 0.6 is 0 Å². The molecule has 0 saturated heterocycles. The van der Waals surface area contributed by atoms with Crippen molar-refractivity contribution in [3.8, 4) is 6.08 Å². The van der Waals surface area contributed by atoms with Gasteiger partial charge in [0.25, 0.3) is 0 Å². The second kappa shape index (κ2) is 5.03. The highest BCUT2D eigenvalue weighted by molar-refractivity contribution is 5.84. The van der Waals surface area contributed by atoms with E-state index in [1.807, 2.05) is 0 Å². The first-order valence-electron chi connectivity index (χ1n) is 5.63. The maximum absolute atomic E-state index is 10.6. The van der Waals surface area contributed by atoms with E-state index in [4.69, 9.17) is 14.3 Å². The maximum Gasteiger partial charge on any atom is 0.394 e. The van der Waals surface area contributed by atoms with Crippen molar-refractivity contribution in [2.24, 2.45) is 11.8 Å². The Labute approximate surface area is 99.1 Å². The Morgan fingerprint density at radius 2 is 2.35 bits per heavy atom. The van der Waals surface area contributed by atoms with Crippen LogP contribution in [0.2, 0.25) is 0 Å². The molecular weight excluding hydrogens is 222 g/mol. The zero-order valence-corrected chi connectivity index (χ0v) is 9.63. The number of carboxylic acids is 1. The summed E-state index contributed by atoms with van der Waals surface area (Å²) in [5.41, 5.74) is -0.128. The highest BCUT2D eigenvalue weighted by Gasteiger charge is 2.20. The van der Waals surface area contributed by atoms with E-state index in [2.05, 4.69) is 24.1 Å². The monoisotopic (exact) mass is 237 g/mol. The number of aromatic nitrogens is 1. The Bertz CT molecular complexity index is 424. The van der Waals surface area contributed by atoms with Crippen molar-refractivity contribution < 1.29 is 19.1 Å². The molecule has 5 nitrogen and oxygen atoms in total. The van der Waals surface area contributed by atoms with Crippen LogP contribution in [0.1, 0.15) is 30.3 Å². The van der Waals surface area contributed by atoms with Gasteiger partial charge in [-0.25, -0.2) is 4.79 Å². The van der Waals surface area contributed by atoms with E-state index in [1.165, 1.54) is 0 Å². The average molecular weight is 237 g/mol. The van der Waals surface area contributed by atoms with Crippen LogP contribution in [-0.4, -0.2) is 22.7 Å². The number of nitrogens with zero attached hydrogens (tertiary/aromatic N) is 1. The van der Waals surface area contributed by atoms with Crippen LogP contribution in [0.3, 0.4) is 0 Å². The summed E-state index contributed by atoms with van der Waals surface area (Å²) in [5.74, 6) is -0.119. The number of oxazole rings is 1. The predicted octanol–water partition coefficient (Wildman–Crippen LogP) is 2.35. The lowest BCUT2D eigenvalue weighted by Gasteiger charge is -2.24. The third-order valence-electron chi connectivity index (χ3n) is 3.04. The van der Waals surface area contributed by atoms with E-state index in [-0.39, 0.29) is 11.8 Å². The van der Waals surface area contributed by atoms with Crippen molar-refractivity contribution in [3.63, 3.8) is 0 Å². The predicted molar refractivity (Wildman–Crippen MR) is 60.0 cm³/mol. The third kappa shape index (κ3) is 2.87. The molecule has 2 atom stereocenters. The summed E-state index contributed by atoms with van der Waals surface area (Å²) < 4.78 is 10.3. The fourth-order valence-electron chi connectivity index (χ4n) is 1.84. The number of hydrogen-bond acceptors (Lipinski definition) is 4. The van der Waals surface area contributed by atoms with Gasteiger partial charge in [0.05, 0.1) is 6.61 Å². The molecule has 17 heavy (non-hydrogen) atoms. The molecule has 1 aliphatic rings. The number of ether oxygens (including phenoxy) is 1. The summed E-state index contributed by atoms with van der Waals surface area (Å²) in [6.07, 6.45) is 7.47. The molecule has 1 heterocycles. The van der Waals surface area contributed by atoms with Gasteiger partial charge in [-0.05, 0) is 24.7 Å². The van der Waals surface area contributed by atoms with E-state index >= 15 is 0 Å². The highest BCUT2D eigenvalue weighted by Crippen LogP contribution is 2.25. The lowest BCUT2D eigenvalue weighted by atomic mass is 9.85. The fourth-order valence-corrected chi connectivity index (χ4v) is 1.84. The Kier molecular flexibility index (Phi) is 3.46. The first-order chi connectivity index (χ1) is 8.16. The highest BCUT2D eigenvalue weighted by atomic mass is 16.6. The zero-order valence-electron chi connectivity index (χ0n) is 9.63. The molecule has 0 aliphatic heterocycles. The summed E-state index contributed by atoms with van der Waals surface area (Å²) in [4.78, 5) is 14.3. The molecule has 1 aromatic heterocycles. The normalized spacial score (nSPS) is 23.6. The van der Waals surface area contributed by atoms with Crippen LogP contribution in [0.25, 0.3) is 0 Å². The van der Waals surface area contributed by atoms with Crippen LogP contribution in [0, 0.1) is 11.8 Å². The summed E-state index contributed by atoms with van der Waals surface area (Å²) in [6.45, 7) is 2.68. The zero-order chi connectivity index (χ0) is 12.3. The number of aromatic carboxylic acids is 1. The standard InChI is InChI=1S/C12H15NO4/c1-8-4-2-3-5-9(8)6-16-12-13-10(7-17-12)11(14)15/h2-3,7-9H,4-6H2,1H3,(H,14,15). The van der Waals surface area contributed by atoms with Gasteiger partial charge in [0.2, 0.25) is 0 Å². The molecule has 5 heteroatoms. The molecule has 1 aromatic rings. The number of carbonyl (C=O) groups is 1. The summed E-state index contributed by atoms with van der Waals surface area (Å²) >= 11 is 0. The second-order valence-corrected chi connectivity index (χ2v) is 4.29. The Morgan fingerprint density at radius 3 is 3.00 bits per heavy atom. The fraction of sp³-hybridized carbons (Fsp3) is 0.500. The minimum atomic E-state index is -1.11. The number of carboxylic acid groups (broad SMARTS) is 1. The van der Waals surface area contributed by atoms with Crippen molar-refractivity contribution >= 4 is 5.97 Å². The van der Waals surface area contributed by atoms with Gasteiger partial charge in [-0.1, -0.05) is 19.1 Å². The molecule has 0 fully saturated rings. The molecule has 0 radical (unpaired) electrons. The lowest BCUT2D eigenvalue weighted by molar-refractivity contribution is 0.0690. The van der Waals surface area contributed by atoms with Crippen LogP contribution < -0.4 is 4.74 Å². The molecule has 1 aliphatic carbocycles. The van der Waals surface area contributed by atoms with Crippen LogP contribution in [0.5, 0.6) is 6.08 Å². The van der Waals surface area contributed by atoms with Crippen LogP contribution in [0.4, 0.5) is 0 Å². The van der Waals surface area contributed by atoms with Crippen molar-refractivity contribution in [1.82, 2.24) is 4.98 Å². The lowest BCUT2D eigenvalue weighted by Crippen LogP contribution is -2.21. The van der Waals surface area contributed by atoms with Crippen molar-refractivity contribution in [1.29, 1.82) is 0 Å². The summed E-state index contributed by atoms with van der Waals surface area (Å²) in [5, 5.41) is 8.67. The van der Waals surface area contributed by atoms with Crippen LogP contribution in [-0.2, 0) is 0 Å². The van der Waals surface area contributed by atoms with Crippen LogP contribution in [0.15, 0.2) is 22.8 Å². The molecule has 0 aromatic carbocycles. The SMILES string of the molecule is CC1CC=CCC1COc1nc(C(=O)O)co1. The third-order valence-corrected chi connectivity index (χ3v) is 3.04. The first-order valence-corrected chi connectivity index (χ1v) is 5.63. The van der Waals surface area contributed by atoms with Gasteiger partial charge >= 0.3 is 12.0 Å². The van der Waals surface area contributed by atoms with Crippen molar-refractivity contribution in [2.45, 2.75) is 19.8 Å². The molecule has 2 unspecified atom stereocenters. The summed E-state index contributed by atoms with van der Waals surface area (Å²) in [7, 11) is 0. The minimum absolute atomic E-state index is 0.0316. The quantitative estimate of drug-likeness (QED) is 0.814. The molecule has 92 valence electrons. The number of allylic oxidation sites excluding steroid dienone is 2. The van der Waals surface area contributed by atoms with E-state index in [1.54, 1.807) is 0 Å². The van der Waals surface area contributed by atoms with E-state index in [0.29, 0.717) is 18.4 Å². The van der Waals surface area contributed by atoms with Gasteiger partial charge in [-0.3, -0.25) is 0 Å². The van der Waals surface area contributed by atoms with Crippen molar-refractivity contribution in [2.75, 3.05) is 6.61 Å². The average Bonchev–Trinajstić information content (AvgIpc) is 2.77. The van der Waals surface area contributed by atoms with Crippen molar-refractivity contribution in [3.05, 3.63) is 24.1 Å². The molecule has 0 amide bonds. The largest absolute Gasteiger partial charge is 0.476 e. The Balaban J connectivity index is 1.88. The van der Waals surface area contributed by atoms with E-state index in [0.717, 1.165) is 19.1 Å². The van der Waals surface area contributed by atoms with Gasteiger partial charge in [-0.15, -0.1) is 0 Å². The molecule has 0 bridgehead atoms. The maximum atomic E-state index is 10.6. The number of hydrogen-bond donors (Lipinski definition) is 1. The van der Waals surface area contributed by atoms with Gasteiger partial charge < -0.3 is 14.3 Å². The Morgan fingerprint density at radius 1 is 1.59 bits per heavy atom. The first kappa shape index (κ1) is 11.7. The number of rotatable bonds is 4. The van der Waals surface area contributed by atoms with Gasteiger partial charge in [0, 0.05) is 0 Å². The van der Waals surface area contributed by atoms with Gasteiger partial charge in [0.1, 0.15) is 6.26 Å². The van der Waals surface area contributed by atoms with Gasteiger partial charge in [0.15, 0.2) is 5.69 Å². The van der Waals surface area contributed by atoms with E-state index < -0.39 is 5.97 Å². The Hall–Kier alpha value is -1.78. The summed E-state index contributed by atoms with van der Waals surface area (Å²) in [6, 6.07) is 0. The molecule has 0 spiro atoms. The topological polar surface area (TPSA) is 72.6 Å². The smallest absolute Gasteiger partial charge is 0.394 e. The second-order valence-electron chi connectivity index (χ2n) is 4.29. The minimum Gasteiger partial charge on any atom is -0.476 e. The van der Waals surface area contributed by atoms with E-state index in [9.17, 15) is 4.79 Å².